The van der Waals surface area contributed by atoms with Crippen LogP contribution in [0.25, 0.3) is 11.0 Å². The Kier molecular flexibility index (Phi) is 2.66. The van der Waals surface area contributed by atoms with E-state index in [2.05, 4.69) is 4.74 Å². The molecule has 94 valence electrons. The molecule has 0 fully saturated rings. The van der Waals surface area contributed by atoms with Crippen molar-refractivity contribution >= 4 is 22.6 Å². The first-order valence-electron chi connectivity index (χ1n) is 4.95. The SMILES string of the molecule is COC(=O)c1oc2c([N+](=O)[O-])c(O)ccc2c1C. The van der Waals surface area contributed by atoms with Crippen LogP contribution >= 0.6 is 0 Å². The Morgan fingerprint density at radius 2 is 2.17 bits per heavy atom. The average Bonchev–Trinajstić information content (AvgIpc) is 2.65. The highest BCUT2D eigenvalue weighted by Gasteiger charge is 2.27. The molecule has 0 aliphatic rings. The van der Waals surface area contributed by atoms with Crippen LogP contribution in [0.2, 0.25) is 0 Å². The standard InChI is InChI=1S/C11H9NO6/c1-5-6-3-4-7(13)8(12(15)16)10(6)18-9(5)11(14)17-2/h3-4,13H,1-2H3. The molecule has 0 bridgehead atoms. The quantitative estimate of drug-likeness (QED) is 0.498. The molecule has 2 aromatic rings. The van der Waals surface area contributed by atoms with Crippen molar-refractivity contribution in [1.82, 2.24) is 0 Å². The van der Waals surface area contributed by atoms with E-state index in [1.165, 1.54) is 19.2 Å². The minimum atomic E-state index is -0.762. The summed E-state index contributed by atoms with van der Waals surface area (Å²) < 4.78 is 9.66. The summed E-state index contributed by atoms with van der Waals surface area (Å²) in [5, 5.41) is 20.7. The van der Waals surface area contributed by atoms with Gasteiger partial charge in [-0.25, -0.2) is 4.79 Å². The highest BCUT2D eigenvalue weighted by atomic mass is 16.6. The summed E-state index contributed by atoms with van der Waals surface area (Å²) in [5.41, 5.74) is -0.274. The van der Waals surface area contributed by atoms with E-state index in [0.717, 1.165) is 0 Å². The number of nitro benzene ring substituents is 1. The number of fused-ring (bicyclic) bond motifs is 1. The first-order valence-corrected chi connectivity index (χ1v) is 4.95. The molecule has 0 radical (unpaired) electrons. The zero-order chi connectivity index (χ0) is 13.4. The summed E-state index contributed by atoms with van der Waals surface area (Å²) in [6.07, 6.45) is 0. The lowest BCUT2D eigenvalue weighted by Crippen LogP contribution is -2.00. The zero-order valence-electron chi connectivity index (χ0n) is 9.59. The molecular formula is C11H9NO6. The van der Waals surface area contributed by atoms with E-state index in [-0.39, 0.29) is 11.3 Å². The summed E-state index contributed by atoms with van der Waals surface area (Å²) >= 11 is 0. The number of esters is 1. The second-order valence-electron chi connectivity index (χ2n) is 3.61. The molecule has 0 atom stereocenters. The van der Waals surface area contributed by atoms with Crippen molar-refractivity contribution in [2.75, 3.05) is 7.11 Å². The number of nitro groups is 1. The first kappa shape index (κ1) is 11.9. The number of furan rings is 1. The van der Waals surface area contributed by atoms with E-state index in [1.54, 1.807) is 6.92 Å². The maximum atomic E-state index is 11.4. The molecule has 0 spiro atoms. The molecule has 7 nitrogen and oxygen atoms in total. The van der Waals surface area contributed by atoms with E-state index in [4.69, 9.17) is 4.42 Å². The molecule has 0 aliphatic carbocycles. The van der Waals surface area contributed by atoms with E-state index < -0.39 is 22.3 Å². The summed E-state index contributed by atoms with van der Waals surface area (Å²) in [7, 11) is 1.18. The van der Waals surface area contributed by atoms with Gasteiger partial charge in [-0.05, 0) is 19.1 Å². The minimum absolute atomic E-state index is 0.110. The average molecular weight is 251 g/mol. The van der Waals surface area contributed by atoms with Gasteiger partial charge < -0.3 is 14.3 Å². The Labute approximate surface area is 101 Å². The summed E-state index contributed by atoms with van der Waals surface area (Å²) in [6, 6.07) is 2.63. The van der Waals surface area contributed by atoms with Gasteiger partial charge in [-0.15, -0.1) is 0 Å². The summed E-state index contributed by atoms with van der Waals surface area (Å²) in [5.74, 6) is -1.35. The minimum Gasteiger partial charge on any atom is -0.502 e. The fourth-order valence-electron chi connectivity index (χ4n) is 1.72. The predicted octanol–water partition coefficient (Wildman–Crippen LogP) is 2.14. The van der Waals surface area contributed by atoms with Crippen LogP contribution in [0.15, 0.2) is 16.5 Å². The highest BCUT2D eigenvalue weighted by Crippen LogP contribution is 2.38. The Bertz CT molecular complexity index is 657. The Morgan fingerprint density at radius 1 is 1.50 bits per heavy atom. The van der Waals surface area contributed by atoms with Gasteiger partial charge in [0, 0.05) is 10.9 Å². The third kappa shape index (κ3) is 1.56. The molecule has 0 aliphatic heterocycles. The number of methoxy groups -OCH3 is 1. The normalized spacial score (nSPS) is 10.6. The number of aryl methyl sites for hydroxylation is 1. The number of carbonyl (C=O) groups excluding carboxylic acids is 1. The van der Waals surface area contributed by atoms with Crippen molar-refractivity contribution in [1.29, 1.82) is 0 Å². The number of hydrogen-bond acceptors (Lipinski definition) is 6. The molecule has 0 saturated carbocycles. The summed E-state index contributed by atoms with van der Waals surface area (Å²) in [4.78, 5) is 21.5. The number of phenolic OH excluding ortho intramolecular Hbond substituents is 1. The largest absolute Gasteiger partial charge is 0.502 e. The summed E-state index contributed by atoms with van der Waals surface area (Å²) in [6.45, 7) is 1.58. The molecule has 1 heterocycles. The second-order valence-corrected chi connectivity index (χ2v) is 3.61. The Balaban J connectivity index is 2.84. The van der Waals surface area contributed by atoms with E-state index in [9.17, 15) is 20.0 Å². The van der Waals surface area contributed by atoms with Crippen LogP contribution in [0.4, 0.5) is 5.69 Å². The van der Waals surface area contributed by atoms with E-state index in [1.807, 2.05) is 0 Å². The van der Waals surface area contributed by atoms with Crippen LogP contribution < -0.4 is 0 Å². The van der Waals surface area contributed by atoms with Crippen molar-refractivity contribution in [3.05, 3.63) is 33.6 Å². The smallest absolute Gasteiger partial charge is 0.374 e. The van der Waals surface area contributed by atoms with Gasteiger partial charge in [-0.2, -0.15) is 0 Å². The van der Waals surface area contributed by atoms with Crippen LogP contribution in [-0.4, -0.2) is 23.1 Å². The fourth-order valence-corrected chi connectivity index (χ4v) is 1.72. The molecule has 0 unspecified atom stereocenters. The molecule has 0 saturated heterocycles. The molecule has 1 N–H and O–H groups in total. The number of hydrogen-bond donors (Lipinski definition) is 1. The maximum absolute atomic E-state index is 11.4. The highest BCUT2D eigenvalue weighted by molar-refractivity contribution is 5.99. The van der Waals surface area contributed by atoms with Gasteiger partial charge >= 0.3 is 11.7 Å². The van der Waals surface area contributed by atoms with Crippen molar-refractivity contribution in [3.8, 4) is 5.75 Å². The van der Waals surface area contributed by atoms with Gasteiger partial charge in [0.2, 0.25) is 11.3 Å². The maximum Gasteiger partial charge on any atom is 0.374 e. The molecule has 1 aromatic heterocycles. The van der Waals surface area contributed by atoms with Gasteiger partial charge in [0.1, 0.15) is 0 Å². The second kappa shape index (κ2) is 4.02. The van der Waals surface area contributed by atoms with E-state index >= 15 is 0 Å². The topological polar surface area (TPSA) is 103 Å². The predicted molar refractivity (Wildman–Crippen MR) is 60.6 cm³/mol. The van der Waals surface area contributed by atoms with Gasteiger partial charge in [-0.3, -0.25) is 10.1 Å². The number of aromatic hydroxyl groups is 1. The number of benzene rings is 1. The lowest BCUT2D eigenvalue weighted by atomic mass is 10.1. The number of phenols is 1. The molecule has 2 rings (SSSR count). The van der Waals surface area contributed by atoms with Crippen molar-refractivity contribution in [2.24, 2.45) is 0 Å². The monoisotopic (exact) mass is 251 g/mol. The van der Waals surface area contributed by atoms with Crippen LogP contribution in [0.5, 0.6) is 5.75 Å². The van der Waals surface area contributed by atoms with Crippen molar-refractivity contribution < 1.29 is 24.0 Å². The molecule has 7 heteroatoms. The van der Waals surface area contributed by atoms with Crippen LogP contribution in [0.1, 0.15) is 16.1 Å². The fraction of sp³-hybridized carbons (Fsp3) is 0.182. The van der Waals surface area contributed by atoms with Gasteiger partial charge in [0.25, 0.3) is 0 Å². The van der Waals surface area contributed by atoms with Crippen molar-refractivity contribution in [2.45, 2.75) is 6.92 Å². The number of ether oxygens (including phenoxy) is 1. The first-order chi connectivity index (χ1) is 8.47. The lowest BCUT2D eigenvalue weighted by Gasteiger charge is -1.95. The molecule has 1 aromatic carbocycles. The van der Waals surface area contributed by atoms with Gasteiger partial charge in [0.15, 0.2) is 5.75 Å². The Morgan fingerprint density at radius 3 is 2.72 bits per heavy atom. The van der Waals surface area contributed by atoms with Gasteiger partial charge in [0.05, 0.1) is 12.0 Å². The molecular weight excluding hydrogens is 242 g/mol. The van der Waals surface area contributed by atoms with Crippen molar-refractivity contribution in [3.63, 3.8) is 0 Å². The Hall–Kier alpha value is -2.57. The number of rotatable bonds is 2. The van der Waals surface area contributed by atoms with Gasteiger partial charge in [-0.1, -0.05) is 0 Å². The third-order valence-corrected chi connectivity index (χ3v) is 2.61. The number of carbonyl (C=O) groups is 1. The number of nitrogens with zero attached hydrogens (tertiary/aromatic N) is 1. The van der Waals surface area contributed by atoms with Crippen LogP contribution in [-0.2, 0) is 4.74 Å². The molecule has 0 amide bonds. The van der Waals surface area contributed by atoms with Crippen LogP contribution in [0, 0.1) is 17.0 Å². The van der Waals surface area contributed by atoms with E-state index in [0.29, 0.717) is 10.9 Å². The molecule has 18 heavy (non-hydrogen) atoms. The van der Waals surface area contributed by atoms with Crippen LogP contribution in [0.3, 0.4) is 0 Å². The lowest BCUT2D eigenvalue weighted by molar-refractivity contribution is -0.384. The third-order valence-electron chi connectivity index (χ3n) is 2.61. The zero-order valence-corrected chi connectivity index (χ0v) is 9.59.